The van der Waals surface area contributed by atoms with Gasteiger partial charge < -0.3 is 0 Å². The number of carbonyl (C=O) groups excluding carboxylic acids is 1. The van der Waals surface area contributed by atoms with Crippen molar-refractivity contribution >= 4 is 44.4 Å². The van der Waals surface area contributed by atoms with Crippen molar-refractivity contribution in [2.75, 3.05) is 5.75 Å². The predicted octanol–water partition coefficient (Wildman–Crippen LogP) is 5.26. The molecule has 0 unspecified atom stereocenters. The van der Waals surface area contributed by atoms with Crippen molar-refractivity contribution in [1.82, 2.24) is 9.55 Å². The van der Waals surface area contributed by atoms with Crippen molar-refractivity contribution in [2.45, 2.75) is 5.16 Å². The lowest BCUT2D eigenvalue weighted by Gasteiger charge is -2.13. The Morgan fingerprint density at radius 3 is 2.41 bits per heavy atom. The summed E-state index contributed by atoms with van der Waals surface area (Å²) in [4.78, 5) is 30.3. The Kier molecular flexibility index (Phi) is 5.60. The molecule has 0 bridgehead atoms. The number of rotatable bonds is 5. The molecular weight excluding hydrogens is 455 g/mol. The quantitative estimate of drug-likeness (QED) is 0.227. The number of nitrogens with zero attached hydrogens (tertiary/aromatic N) is 2. The molecule has 0 atom stereocenters. The van der Waals surface area contributed by atoms with Crippen molar-refractivity contribution in [1.29, 1.82) is 0 Å². The van der Waals surface area contributed by atoms with Crippen LogP contribution in [0, 0.1) is 5.82 Å². The van der Waals surface area contributed by atoms with Crippen LogP contribution >= 0.6 is 27.7 Å². The van der Waals surface area contributed by atoms with Gasteiger partial charge in [-0.2, -0.15) is 0 Å². The van der Waals surface area contributed by atoms with E-state index in [4.69, 9.17) is 0 Å². The monoisotopic (exact) mass is 468 g/mol. The molecule has 4 rings (SSSR count). The van der Waals surface area contributed by atoms with Gasteiger partial charge in [0.25, 0.3) is 5.56 Å². The number of Topliss-reactive ketones (excluding diaryl/α,β-unsaturated/α-hetero) is 1. The maximum atomic E-state index is 13.2. The van der Waals surface area contributed by atoms with Crippen LogP contribution in [0.4, 0.5) is 4.39 Å². The number of thioether (sulfide) groups is 1. The SMILES string of the molecule is O=C(CSc1nc2ccccc2c(=O)n1-c1ccc(Br)cc1)c1ccc(F)cc1. The maximum Gasteiger partial charge on any atom is 0.266 e. The van der Waals surface area contributed by atoms with Crippen LogP contribution in [0.1, 0.15) is 10.4 Å². The minimum Gasteiger partial charge on any atom is -0.293 e. The zero-order chi connectivity index (χ0) is 20.4. The highest BCUT2D eigenvalue weighted by molar-refractivity contribution is 9.10. The largest absolute Gasteiger partial charge is 0.293 e. The molecule has 0 spiro atoms. The van der Waals surface area contributed by atoms with Gasteiger partial charge in [0.2, 0.25) is 0 Å². The molecule has 3 aromatic carbocycles. The molecule has 1 heterocycles. The van der Waals surface area contributed by atoms with Gasteiger partial charge in [-0.15, -0.1) is 0 Å². The van der Waals surface area contributed by atoms with Gasteiger partial charge in [-0.25, -0.2) is 9.37 Å². The van der Waals surface area contributed by atoms with Crippen molar-refractivity contribution in [2.24, 2.45) is 0 Å². The van der Waals surface area contributed by atoms with Gasteiger partial charge in [0, 0.05) is 10.0 Å². The number of aromatic nitrogens is 2. The molecular formula is C22H14BrFN2O2S. The molecule has 29 heavy (non-hydrogen) atoms. The van der Waals surface area contributed by atoms with Gasteiger partial charge in [0.15, 0.2) is 10.9 Å². The summed E-state index contributed by atoms with van der Waals surface area (Å²) in [6.07, 6.45) is 0. The van der Waals surface area contributed by atoms with Gasteiger partial charge in [0.05, 0.1) is 22.3 Å². The van der Waals surface area contributed by atoms with Crippen molar-refractivity contribution in [3.63, 3.8) is 0 Å². The molecule has 0 radical (unpaired) electrons. The van der Waals surface area contributed by atoms with E-state index < -0.39 is 5.82 Å². The van der Waals surface area contributed by atoms with E-state index in [-0.39, 0.29) is 17.1 Å². The third-order valence-corrected chi connectivity index (χ3v) is 5.80. The number of carbonyl (C=O) groups is 1. The fraction of sp³-hybridized carbons (Fsp3) is 0.0455. The molecule has 7 heteroatoms. The number of para-hydroxylation sites is 1. The predicted molar refractivity (Wildman–Crippen MR) is 116 cm³/mol. The molecule has 0 aliphatic heterocycles. The molecule has 0 aliphatic rings. The van der Waals surface area contributed by atoms with Gasteiger partial charge in [-0.1, -0.05) is 39.8 Å². The third-order valence-electron chi connectivity index (χ3n) is 4.33. The summed E-state index contributed by atoms with van der Waals surface area (Å²) < 4.78 is 15.5. The molecule has 4 aromatic rings. The highest BCUT2D eigenvalue weighted by Crippen LogP contribution is 2.23. The van der Waals surface area contributed by atoms with Crippen molar-refractivity contribution in [3.05, 3.63) is 99.0 Å². The van der Waals surface area contributed by atoms with E-state index in [0.29, 0.717) is 27.3 Å². The van der Waals surface area contributed by atoms with E-state index in [1.54, 1.807) is 18.2 Å². The van der Waals surface area contributed by atoms with Crippen LogP contribution in [-0.2, 0) is 0 Å². The maximum absolute atomic E-state index is 13.2. The normalized spacial score (nSPS) is 11.0. The van der Waals surface area contributed by atoms with Crippen LogP contribution in [0.2, 0.25) is 0 Å². The minimum absolute atomic E-state index is 0.0763. The first kappa shape index (κ1) is 19.5. The third kappa shape index (κ3) is 4.16. The topological polar surface area (TPSA) is 52.0 Å². The number of halogens is 2. The fourth-order valence-electron chi connectivity index (χ4n) is 2.88. The second-order valence-electron chi connectivity index (χ2n) is 6.25. The van der Waals surface area contributed by atoms with E-state index in [1.807, 2.05) is 30.3 Å². The van der Waals surface area contributed by atoms with Crippen LogP contribution in [0.5, 0.6) is 0 Å². The first-order valence-corrected chi connectivity index (χ1v) is 10.5. The van der Waals surface area contributed by atoms with Crippen LogP contribution in [0.25, 0.3) is 16.6 Å². The second-order valence-corrected chi connectivity index (χ2v) is 8.11. The van der Waals surface area contributed by atoms with E-state index in [1.165, 1.54) is 40.6 Å². The summed E-state index contributed by atoms with van der Waals surface area (Å²) in [6, 6.07) is 19.8. The van der Waals surface area contributed by atoms with Gasteiger partial charge in [0.1, 0.15) is 5.82 Å². The lowest BCUT2D eigenvalue weighted by atomic mass is 10.1. The summed E-state index contributed by atoms with van der Waals surface area (Å²) >= 11 is 4.58. The lowest BCUT2D eigenvalue weighted by Crippen LogP contribution is -2.22. The van der Waals surface area contributed by atoms with E-state index in [9.17, 15) is 14.0 Å². The number of hydrogen-bond acceptors (Lipinski definition) is 4. The molecule has 0 saturated carbocycles. The Balaban J connectivity index is 1.75. The van der Waals surface area contributed by atoms with Gasteiger partial charge in [-0.3, -0.25) is 14.2 Å². The van der Waals surface area contributed by atoms with Crippen LogP contribution < -0.4 is 5.56 Å². The molecule has 1 aromatic heterocycles. The number of benzene rings is 3. The molecule has 4 nitrogen and oxygen atoms in total. The van der Waals surface area contributed by atoms with E-state index in [2.05, 4.69) is 20.9 Å². The van der Waals surface area contributed by atoms with Crippen molar-refractivity contribution in [3.8, 4) is 5.69 Å². The smallest absolute Gasteiger partial charge is 0.266 e. The Labute approximate surface area is 178 Å². The molecule has 0 amide bonds. The fourth-order valence-corrected chi connectivity index (χ4v) is 4.05. The summed E-state index contributed by atoms with van der Waals surface area (Å²) in [5, 5.41) is 0.927. The summed E-state index contributed by atoms with van der Waals surface area (Å²) in [5.74, 6) is -0.485. The average molecular weight is 469 g/mol. The summed E-state index contributed by atoms with van der Waals surface area (Å²) in [7, 11) is 0. The molecule has 0 saturated heterocycles. The number of fused-ring (bicyclic) bond motifs is 1. The Bertz CT molecular complexity index is 1250. The molecule has 0 N–H and O–H groups in total. The molecule has 0 fully saturated rings. The second kappa shape index (κ2) is 8.31. The first-order chi connectivity index (χ1) is 14.0. The standard InChI is InChI=1S/C22H14BrFN2O2S/c23-15-7-11-17(12-8-15)26-21(28)18-3-1-2-4-19(18)25-22(26)29-13-20(27)14-5-9-16(24)10-6-14/h1-12H,13H2. The minimum atomic E-state index is -0.394. The van der Waals surface area contributed by atoms with Crippen LogP contribution in [-0.4, -0.2) is 21.1 Å². The van der Waals surface area contributed by atoms with E-state index >= 15 is 0 Å². The van der Waals surface area contributed by atoms with Crippen LogP contribution in [0.3, 0.4) is 0 Å². The van der Waals surface area contributed by atoms with Crippen molar-refractivity contribution < 1.29 is 9.18 Å². The lowest BCUT2D eigenvalue weighted by molar-refractivity contribution is 0.102. The number of hydrogen-bond donors (Lipinski definition) is 0. The highest BCUT2D eigenvalue weighted by atomic mass is 79.9. The van der Waals surface area contributed by atoms with E-state index in [0.717, 1.165) is 4.47 Å². The highest BCUT2D eigenvalue weighted by Gasteiger charge is 2.15. The van der Waals surface area contributed by atoms with Crippen LogP contribution in [0.15, 0.2) is 87.2 Å². The summed E-state index contributed by atoms with van der Waals surface area (Å²) in [6.45, 7) is 0. The Hall–Kier alpha value is -2.77. The Morgan fingerprint density at radius 2 is 1.69 bits per heavy atom. The Morgan fingerprint density at radius 1 is 1.00 bits per heavy atom. The van der Waals surface area contributed by atoms with Gasteiger partial charge >= 0.3 is 0 Å². The summed E-state index contributed by atoms with van der Waals surface area (Å²) in [5.41, 5.74) is 1.45. The zero-order valence-electron chi connectivity index (χ0n) is 15.0. The zero-order valence-corrected chi connectivity index (χ0v) is 17.4. The number of ketones is 1. The molecule has 0 aliphatic carbocycles. The van der Waals surface area contributed by atoms with Gasteiger partial charge in [-0.05, 0) is 60.7 Å². The molecule has 144 valence electrons. The average Bonchev–Trinajstić information content (AvgIpc) is 2.73. The first-order valence-electron chi connectivity index (χ1n) is 8.72.